The summed E-state index contributed by atoms with van der Waals surface area (Å²) in [5.41, 5.74) is 5.56. The van der Waals surface area contributed by atoms with Crippen LogP contribution >= 0.6 is 0 Å². The lowest BCUT2D eigenvalue weighted by molar-refractivity contribution is 0.278. The molecule has 0 amide bonds. The number of nitrogens with zero attached hydrogens (tertiary/aromatic N) is 1. The Morgan fingerprint density at radius 3 is 2.11 bits per heavy atom. The minimum atomic E-state index is -0.648. The summed E-state index contributed by atoms with van der Waals surface area (Å²) in [6.45, 7) is 5.60. The van der Waals surface area contributed by atoms with Crippen LogP contribution in [0.2, 0.25) is 0 Å². The molecule has 1 aliphatic rings. The molecule has 3 N–H and O–H groups in total. The van der Waals surface area contributed by atoms with Crippen LogP contribution in [0.5, 0.6) is 0 Å². The predicted octanol–water partition coefficient (Wildman–Crippen LogP) is 2.88. The van der Waals surface area contributed by atoms with Crippen molar-refractivity contribution < 1.29 is 8.78 Å². The second kappa shape index (κ2) is 4.79. The maximum absolute atomic E-state index is 14.0. The first-order chi connectivity index (χ1) is 8.80. The molecule has 0 aromatic heterocycles. The molecule has 1 heterocycles. The van der Waals surface area contributed by atoms with Gasteiger partial charge in [-0.15, -0.1) is 0 Å². The van der Waals surface area contributed by atoms with E-state index in [9.17, 15) is 8.78 Å². The van der Waals surface area contributed by atoms with E-state index < -0.39 is 11.6 Å². The summed E-state index contributed by atoms with van der Waals surface area (Å²) >= 11 is 0. The third kappa shape index (κ3) is 2.85. The van der Waals surface area contributed by atoms with E-state index in [-0.39, 0.29) is 22.5 Å². The number of piperidine rings is 1. The third-order valence-electron chi connectivity index (χ3n) is 3.76. The van der Waals surface area contributed by atoms with Crippen LogP contribution in [0.25, 0.3) is 0 Å². The van der Waals surface area contributed by atoms with Crippen molar-refractivity contribution in [1.82, 2.24) is 0 Å². The quantitative estimate of drug-likeness (QED) is 0.639. The fourth-order valence-corrected chi connectivity index (χ4v) is 2.36. The van der Waals surface area contributed by atoms with Crippen LogP contribution in [-0.2, 0) is 0 Å². The second-order valence-corrected chi connectivity index (χ2v) is 5.85. The van der Waals surface area contributed by atoms with Crippen LogP contribution in [0.15, 0.2) is 12.1 Å². The molecule has 1 saturated heterocycles. The van der Waals surface area contributed by atoms with E-state index in [0.29, 0.717) is 13.1 Å². The van der Waals surface area contributed by atoms with Crippen molar-refractivity contribution in [3.63, 3.8) is 0 Å². The Morgan fingerprint density at radius 2 is 1.68 bits per heavy atom. The van der Waals surface area contributed by atoms with Gasteiger partial charge in [0.1, 0.15) is 23.2 Å². The number of rotatable bonds is 2. The molecule has 0 atom stereocenters. The number of nitrogens with one attached hydrogen (secondary N) is 1. The highest BCUT2D eigenvalue weighted by molar-refractivity contribution is 5.95. The molecule has 0 spiro atoms. The van der Waals surface area contributed by atoms with Crippen LogP contribution in [-0.4, -0.2) is 18.9 Å². The Balaban J connectivity index is 2.29. The Hall–Kier alpha value is -1.65. The molecule has 1 aromatic carbocycles. The van der Waals surface area contributed by atoms with Gasteiger partial charge in [0.15, 0.2) is 0 Å². The van der Waals surface area contributed by atoms with E-state index in [1.807, 2.05) is 0 Å². The number of halogens is 2. The van der Waals surface area contributed by atoms with Gasteiger partial charge in [0, 0.05) is 18.7 Å². The topological polar surface area (TPSA) is 53.1 Å². The zero-order valence-corrected chi connectivity index (χ0v) is 11.3. The Labute approximate surface area is 111 Å². The highest BCUT2D eigenvalue weighted by atomic mass is 19.1. The summed E-state index contributed by atoms with van der Waals surface area (Å²) in [6.07, 6.45) is 1.81. The molecule has 0 bridgehead atoms. The fraction of sp³-hybridized carbons (Fsp3) is 0.500. The molecule has 1 fully saturated rings. The average Bonchev–Trinajstić information content (AvgIpc) is 2.30. The average molecular weight is 267 g/mol. The molecule has 1 aromatic rings. The zero-order valence-electron chi connectivity index (χ0n) is 11.3. The molecule has 2 rings (SSSR count). The van der Waals surface area contributed by atoms with Gasteiger partial charge in [-0.1, -0.05) is 13.8 Å². The molecule has 104 valence electrons. The van der Waals surface area contributed by atoms with Crippen LogP contribution in [0.1, 0.15) is 32.3 Å². The summed E-state index contributed by atoms with van der Waals surface area (Å²) in [6, 6.07) is 2.25. The van der Waals surface area contributed by atoms with Crippen LogP contribution in [0.4, 0.5) is 14.5 Å². The van der Waals surface area contributed by atoms with Crippen molar-refractivity contribution in [2.75, 3.05) is 18.0 Å². The highest BCUT2D eigenvalue weighted by Gasteiger charge is 2.28. The summed E-state index contributed by atoms with van der Waals surface area (Å²) in [4.78, 5) is 1.74. The lowest BCUT2D eigenvalue weighted by Crippen LogP contribution is -2.38. The molecule has 0 saturated carbocycles. The summed E-state index contributed by atoms with van der Waals surface area (Å²) in [7, 11) is 0. The van der Waals surface area contributed by atoms with E-state index in [2.05, 4.69) is 13.8 Å². The molecule has 0 aliphatic carbocycles. The number of hydrogen-bond acceptors (Lipinski definition) is 2. The SMILES string of the molecule is CC1(C)CCN(c2c(F)cc(C(=N)N)cc2F)CC1. The highest BCUT2D eigenvalue weighted by Crippen LogP contribution is 2.34. The van der Waals surface area contributed by atoms with Gasteiger partial charge in [-0.3, -0.25) is 5.41 Å². The lowest BCUT2D eigenvalue weighted by Gasteiger charge is -2.38. The van der Waals surface area contributed by atoms with Gasteiger partial charge in [0.25, 0.3) is 0 Å². The number of nitrogen functional groups attached to an aromatic ring is 1. The Bertz CT molecular complexity index is 478. The number of benzene rings is 1. The normalized spacial score (nSPS) is 18.4. The molecule has 19 heavy (non-hydrogen) atoms. The van der Waals surface area contributed by atoms with Gasteiger partial charge in [-0.05, 0) is 30.4 Å². The smallest absolute Gasteiger partial charge is 0.150 e. The Kier molecular flexibility index (Phi) is 3.47. The largest absolute Gasteiger partial charge is 0.384 e. The van der Waals surface area contributed by atoms with Gasteiger partial charge in [0.2, 0.25) is 0 Å². The monoisotopic (exact) mass is 267 g/mol. The second-order valence-electron chi connectivity index (χ2n) is 5.85. The summed E-state index contributed by atoms with van der Waals surface area (Å²) in [5.74, 6) is -1.63. The maximum atomic E-state index is 14.0. The molecule has 0 radical (unpaired) electrons. The van der Waals surface area contributed by atoms with Gasteiger partial charge < -0.3 is 10.6 Å². The molecule has 1 aliphatic heterocycles. The minimum Gasteiger partial charge on any atom is -0.384 e. The van der Waals surface area contributed by atoms with E-state index >= 15 is 0 Å². The van der Waals surface area contributed by atoms with Gasteiger partial charge in [0.05, 0.1) is 0 Å². The van der Waals surface area contributed by atoms with Gasteiger partial charge in [-0.2, -0.15) is 0 Å². The van der Waals surface area contributed by atoms with E-state index in [0.717, 1.165) is 25.0 Å². The van der Waals surface area contributed by atoms with Crippen LogP contribution in [0, 0.1) is 22.5 Å². The first-order valence-electron chi connectivity index (χ1n) is 6.38. The number of anilines is 1. The van der Waals surface area contributed by atoms with Crippen molar-refractivity contribution in [2.45, 2.75) is 26.7 Å². The Morgan fingerprint density at radius 1 is 1.21 bits per heavy atom. The van der Waals surface area contributed by atoms with Crippen LogP contribution in [0.3, 0.4) is 0 Å². The lowest BCUT2D eigenvalue weighted by atomic mass is 9.82. The molecular formula is C14H19F2N3. The number of amidine groups is 1. The van der Waals surface area contributed by atoms with Crippen molar-refractivity contribution in [2.24, 2.45) is 11.1 Å². The standard InChI is InChI=1S/C14H19F2N3/c1-14(2)3-5-19(6-4-14)12-10(15)7-9(13(17)18)8-11(12)16/h7-8H,3-6H2,1-2H3,(H3,17,18). The summed E-state index contributed by atoms with van der Waals surface area (Å²) in [5, 5.41) is 7.23. The fourth-order valence-electron chi connectivity index (χ4n) is 2.36. The van der Waals surface area contributed by atoms with E-state index in [4.69, 9.17) is 11.1 Å². The van der Waals surface area contributed by atoms with Crippen LogP contribution < -0.4 is 10.6 Å². The van der Waals surface area contributed by atoms with E-state index in [1.165, 1.54) is 0 Å². The first-order valence-corrected chi connectivity index (χ1v) is 6.38. The predicted molar refractivity (Wildman–Crippen MR) is 72.6 cm³/mol. The van der Waals surface area contributed by atoms with Crippen molar-refractivity contribution in [3.8, 4) is 0 Å². The first kappa shape index (κ1) is 13.8. The third-order valence-corrected chi connectivity index (χ3v) is 3.76. The minimum absolute atomic E-state index is 0.000463. The molecule has 5 heteroatoms. The molecule has 0 unspecified atom stereocenters. The zero-order chi connectivity index (χ0) is 14.2. The van der Waals surface area contributed by atoms with Gasteiger partial charge in [-0.25, -0.2) is 8.78 Å². The van der Waals surface area contributed by atoms with E-state index in [1.54, 1.807) is 4.90 Å². The van der Waals surface area contributed by atoms with Crippen molar-refractivity contribution in [3.05, 3.63) is 29.3 Å². The number of hydrogen-bond donors (Lipinski definition) is 2. The maximum Gasteiger partial charge on any atom is 0.150 e. The molecule has 3 nitrogen and oxygen atoms in total. The van der Waals surface area contributed by atoms with Crippen molar-refractivity contribution >= 4 is 11.5 Å². The van der Waals surface area contributed by atoms with Gasteiger partial charge >= 0.3 is 0 Å². The summed E-state index contributed by atoms with van der Waals surface area (Å²) < 4.78 is 28.0. The number of nitrogens with two attached hydrogens (primary N) is 1. The van der Waals surface area contributed by atoms with Crippen molar-refractivity contribution in [1.29, 1.82) is 5.41 Å². The molecular weight excluding hydrogens is 248 g/mol.